The molecule has 0 bridgehead atoms. The fraction of sp³-hybridized carbons (Fsp3) is 0.588. The van der Waals surface area contributed by atoms with Gasteiger partial charge in [-0.15, -0.1) is 0 Å². The SMILES string of the molecule is Cc1ccc(C(=O)N(CCN(C)C)C[C@@H]2CCCO2)cc1. The summed E-state index contributed by atoms with van der Waals surface area (Å²) in [5.41, 5.74) is 1.93. The van der Waals surface area contributed by atoms with Crippen LogP contribution in [0.15, 0.2) is 24.3 Å². The maximum Gasteiger partial charge on any atom is 0.253 e. The third kappa shape index (κ3) is 4.83. The monoisotopic (exact) mass is 290 g/mol. The number of hydrogen-bond acceptors (Lipinski definition) is 3. The first-order valence-corrected chi connectivity index (χ1v) is 7.68. The molecule has 1 atom stereocenters. The second kappa shape index (κ2) is 7.57. The normalized spacial score (nSPS) is 18.2. The third-order valence-electron chi connectivity index (χ3n) is 3.85. The highest BCUT2D eigenvalue weighted by Crippen LogP contribution is 2.15. The van der Waals surface area contributed by atoms with E-state index >= 15 is 0 Å². The molecule has 4 nitrogen and oxygen atoms in total. The Hall–Kier alpha value is -1.39. The number of likely N-dealkylation sites (N-methyl/N-ethyl adjacent to an activating group) is 1. The van der Waals surface area contributed by atoms with Gasteiger partial charge in [-0.05, 0) is 46.0 Å². The summed E-state index contributed by atoms with van der Waals surface area (Å²) in [6, 6.07) is 7.80. The van der Waals surface area contributed by atoms with Gasteiger partial charge in [-0.2, -0.15) is 0 Å². The van der Waals surface area contributed by atoms with Crippen molar-refractivity contribution in [1.82, 2.24) is 9.80 Å². The van der Waals surface area contributed by atoms with Crippen LogP contribution in [0.25, 0.3) is 0 Å². The van der Waals surface area contributed by atoms with E-state index in [0.717, 1.165) is 38.1 Å². The molecule has 1 aliphatic rings. The second-order valence-corrected chi connectivity index (χ2v) is 6.06. The van der Waals surface area contributed by atoms with Gasteiger partial charge in [0, 0.05) is 31.8 Å². The minimum Gasteiger partial charge on any atom is -0.376 e. The molecule has 0 spiro atoms. The molecule has 1 saturated heterocycles. The third-order valence-corrected chi connectivity index (χ3v) is 3.85. The van der Waals surface area contributed by atoms with Crippen LogP contribution in [0.3, 0.4) is 0 Å². The Balaban J connectivity index is 2.04. The van der Waals surface area contributed by atoms with Crippen molar-refractivity contribution < 1.29 is 9.53 Å². The number of ether oxygens (including phenoxy) is 1. The van der Waals surface area contributed by atoms with Gasteiger partial charge >= 0.3 is 0 Å². The first-order chi connectivity index (χ1) is 10.1. The molecular formula is C17H26N2O2. The van der Waals surface area contributed by atoms with E-state index in [9.17, 15) is 4.79 Å². The fourth-order valence-corrected chi connectivity index (χ4v) is 2.51. The van der Waals surface area contributed by atoms with Crippen molar-refractivity contribution in [3.05, 3.63) is 35.4 Å². The predicted molar refractivity (Wildman–Crippen MR) is 84.6 cm³/mol. The van der Waals surface area contributed by atoms with Gasteiger partial charge in [0.15, 0.2) is 0 Å². The van der Waals surface area contributed by atoms with Crippen LogP contribution in [0.4, 0.5) is 0 Å². The number of hydrogen-bond donors (Lipinski definition) is 0. The fourth-order valence-electron chi connectivity index (χ4n) is 2.51. The maximum atomic E-state index is 12.7. The van der Waals surface area contributed by atoms with Gasteiger partial charge in [-0.25, -0.2) is 0 Å². The van der Waals surface area contributed by atoms with Gasteiger partial charge in [0.2, 0.25) is 0 Å². The molecule has 1 aromatic rings. The zero-order valence-electron chi connectivity index (χ0n) is 13.3. The Morgan fingerprint density at radius 2 is 1.95 bits per heavy atom. The molecule has 4 heteroatoms. The lowest BCUT2D eigenvalue weighted by atomic mass is 10.1. The number of benzene rings is 1. The average Bonchev–Trinajstić information content (AvgIpc) is 2.96. The number of amides is 1. The highest BCUT2D eigenvalue weighted by atomic mass is 16.5. The van der Waals surface area contributed by atoms with Gasteiger partial charge in [0.1, 0.15) is 0 Å². The van der Waals surface area contributed by atoms with Crippen LogP contribution in [0.1, 0.15) is 28.8 Å². The molecule has 116 valence electrons. The largest absolute Gasteiger partial charge is 0.376 e. The van der Waals surface area contributed by atoms with Crippen molar-refractivity contribution in [2.75, 3.05) is 40.3 Å². The molecule has 1 fully saturated rings. The lowest BCUT2D eigenvalue weighted by Gasteiger charge is -2.27. The summed E-state index contributed by atoms with van der Waals surface area (Å²) in [6.45, 7) is 5.15. The van der Waals surface area contributed by atoms with Gasteiger partial charge in [0.25, 0.3) is 5.91 Å². The maximum absolute atomic E-state index is 12.7. The van der Waals surface area contributed by atoms with E-state index in [1.807, 2.05) is 50.2 Å². The molecule has 0 aromatic heterocycles. The lowest BCUT2D eigenvalue weighted by Crippen LogP contribution is -2.41. The summed E-state index contributed by atoms with van der Waals surface area (Å²) in [7, 11) is 4.06. The average molecular weight is 290 g/mol. The number of carbonyl (C=O) groups is 1. The molecule has 1 amide bonds. The first kappa shape index (κ1) is 16.0. The van der Waals surface area contributed by atoms with Crippen molar-refractivity contribution in [3.63, 3.8) is 0 Å². The molecule has 0 unspecified atom stereocenters. The highest BCUT2D eigenvalue weighted by Gasteiger charge is 2.23. The molecule has 0 saturated carbocycles. The quantitative estimate of drug-likeness (QED) is 0.805. The summed E-state index contributed by atoms with van der Waals surface area (Å²) >= 11 is 0. The summed E-state index contributed by atoms with van der Waals surface area (Å²) in [5, 5.41) is 0. The molecule has 21 heavy (non-hydrogen) atoms. The van der Waals surface area contributed by atoms with E-state index in [1.54, 1.807) is 0 Å². The molecule has 1 heterocycles. The number of aryl methyl sites for hydroxylation is 1. The molecule has 0 aliphatic carbocycles. The van der Waals surface area contributed by atoms with Crippen LogP contribution in [0.2, 0.25) is 0 Å². The molecule has 1 aliphatic heterocycles. The van der Waals surface area contributed by atoms with Crippen molar-refractivity contribution in [3.8, 4) is 0 Å². The van der Waals surface area contributed by atoms with E-state index in [-0.39, 0.29) is 12.0 Å². The number of rotatable bonds is 6. The van der Waals surface area contributed by atoms with Gasteiger partial charge in [-0.1, -0.05) is 17.7 Å². The topological polar surface area (TPSA) is 32.8 Å². The summed E-state index contributed by atoms with van der Waals surface area (Å²) < 4.78 is 5.69. The van der Waals surface area contributed by atoms with Gasteiger partial charge in [0.05, 0.1) is 6.10 Å². The predicted octanol–water partition coefficient (Wildman–Crippen LogP) is 2.18. The number of carbonyl (C=O) groups excluding carboxylic acids is 1. The van der Waals surface area contributed by atoms with Crippen LogP contribution in [0, 0.1) is 6.92 Å². The summed E-state index contributed by atoms with van der Waals surface area (Å²) in [4.78, 5) is 16.7. The molecular weight excluding hydrogens is 264 g/mol. The van der Waals surface area contributed by atoms with Crippen molar-refractivity contribution in [2.45, 2.75) is 25.9 Å². The standard InChI is InChI=1S/C17H26N2O2/c1-14-6-8-15(9-7-14)17(20)19(11-10-18(2)3)13-16-5-4-12-21-16/h6-9,16H,4-5,10-13H2,1-3H3/t16-/m0/s1. The van der Waals surface area contributed by atoms with Gasteiger partial charge < -0.3 is 14.5 Å². The zero-order valence-corrected chi connectivity index (χ0v) is 13.3. The highest BCUT2D eigenvalue weighted by molar-refractivity contribution is 5.94. The molecule has 1 aromatic carbocycles. The van der Waals surface area contributed by atoms with E-state index in [4.69, 9.17) is 4.74 Å². The Bertz CT molecular complexity index is 450. The first-order valence-electron chi connectivity index (χ1n) is 7.68. The van der Waals surface area contributed by atoms with Crippen molar-refractivity contribution in [2.24, 2.45) is 0 Å². The van der Waals surface area contributed by atoms with Crippen LogP contribution in [-0.4, -0.2) is 62.1 Å². The molecule has 0 N–H and O–H groups in total. The number of nitrogens with zero attached hydrogens (tertiary/aromatic N) is 2. The van der Waals surface area contributed by atoms with Crippen molar-refractivity contribution in [1.29, 1.82) is 0 Å². The van der Waals surface area contributed by atoms with E-state index < -0.39 is 0 Å². The van der Waals surface area contributed by atoms with E-state index in [2.05, 4.69) is 4.90 Å². The van der Waals surface area contributed by atoms with Crippen LogP contribution in [-0.2, 0) is 4.74 Å². The minimum atomic E-state index is 0.104. The van der Waals surface area contributed by atoms with Gasteiger partial charge in [-0.3, -0.25) is 4.79 Å². The van der Waals surface area contributed by atoms with E-state index in [1.165, 1.54) is 5.56 Å². The van der Waals surface area contributed by atoms with E-state index in [0.29, 0.717) is 6.54 Å². The Morgan fingerprint density at radius 3 is 2.52 bits per heavy atom. The molecule has 0 radical (unpaired) electrons. The summed E-state index contributed by atoms with van der Waals surface area (Å²) in [5.74, 6) is 0.104. The second-order valence-electron chi connectivity index (χ2n) is 6.06. The summed E-state index contributed by atoms with van der Waals surface area (Å²) in [6.07, 6.45) is 2.35. The lowest BCUT2D eigenvalue weighted by molar-refractivity contribution is 0.0512. The minimum absolute atomic E-state index is 0.104. The van der Waals surface area contributed by atoms with Crippen LogP contribution in [0.5, 0.6) is 0 Å². The van der Waals surface area contributed by atoms with Crippen molar-refractivity contribution >= 4 is 5.91 Å². The smallest absolute Gasteiger partial charge is 0.253 e. The molecule has 2 rings (SSSR count). The Kier molecular flexibility index (Phi) is 5.76. The van der Waals surface area contributed by atoms with Crippen LogP contribution >= 0.6 is 0 Å². The Labute approximate surface area is 127 Å². The van der Waals surface area contributed by atoms with Crippen LogP contribution < -0.4 is 0 Å². The zero-order chi connectivity index (χ0) is 15.2. The Morgan fingerprint density at radius 1 is 1.24 bits per heavy atom.